The van der Waals surface area contributed by atoms with Crippen molar-refractivity contribution in [2.24, 2.45) is 23.7 Å². The summed E-state index contributed by atoms with van der Waals surface area (Å²) in [5.74, 6) is 2.94. The number of alkyl halides is 3. The van der Waals surface area contributed by atoms with Gasteiger partial charge in [-0.1, -0.05) is 31.2 Å². The van der Waals surface area contributed by atoms with Gasteiger partial charge in [-0.05, 0) is 68.5 Å². The predicted molar refractivity (Wildman–Crippen MR) is 134 cm³/mol. The predicted octanol–water partition coefficient (Wildman–Crippen LogP) is 3.83. The molecule has 36 heavy (non-hydrogen) atoms. The van der Waals surface area contributed by atoms with E-state index in [-0.39, 0.29) is 23.4 Å². The Labute approximate surface area is 213 Å². The molecule has 0 amide bonds. The highest BCUT2D eigenvalue weighted by molar-refractivity contribution is 7.97. The highest BCUT2D eigenvalue weighted by atomic mass is 32.2. The molecule has 4 aliphatic rings. The molecule has 3 N–H and O–H groups in total. The quantitative estimate of drug-likeness (QED) is 0.517. The van der Waals surface area contributed by atoms with Gasteiger partial charge >= 0.3 is 11.9 Å². The molecule has 0 spiro atoms. The molecule has 4 fully saturated rings. The maximum absolute atomic E-state index is 13.7. The van der Waals surface area contributed by atoms with Gasteiger partial charge in [0.1, 0.15) is 0 Å². The molecule has 2 aromatic heterocycles. The SMILES string of the molecule is CN1CNNC1[C@H](C1CCC1)C1CC(C2CCSN2)CC(n2cc3c(C(F)(F)F)cccn3c2=O)C1. The average molecular weight is 525 g/mol. The number of hydrazine groups is 1. The van der Waals surface area contributed by atoms with E-state index in [1.54, 1.807) is 16.5 Å². The number of imidazole rings is 1. The number of hydrogen-bond acceptors (Lipinski definition) is 6. The van der Waals surface area contributed by atoms with E-state index in [2.05, 4.69) is 27.5 Å². The highest BCUT2D eigenvalue weighted by Gasteiger charge is 2.46. The summed E-state index contributed by atoms with van der Waals surface area (Å²) in [6.45, 7) is 0.791. The van der Waals surface area contributed by atoms with Gasteiger partial charge in [-0.15, -0.1) is 0 Å². The summed E-state index contributed by atoms with van der Waals surface area (Å²) in [4.78, 5) is 15.8. The second kappa shape index (κ2) is 9.65. The van der Waals surface area contributed by atoms with Gasteiger partial charge < -0.3 is 0 Å². The Bertz CT molecular complexity index is 1140. The van der Waals surface area contributed by atoms with E-state index in [4.69, 9.17) is 0 Å². The van der Waals surface area contributed by atoms with Crippen LogP contribution in [0, 0.1) is 23.7 Å². The Morgan fingerprint density at radius 3 is 2.61 bits per heavy atom. The van der Waals surface area contributed by atoms with E-state index in [0.717, 1.165) is 44.2 Å². The first-order valence-electron chi connectivity index (χ1n) is 13.2. The fourth-order valence-electron chi connectivity index (χ4n) is 7.22. The zero-order valence-corrected chi connectivity index (χ0v) is 21.3. The molecule has 6 rings (SSSR count). The van der Waals surface area contributed by atoms with Crippen LogP contribution in [0.3, 0.4) is 0 Å². The van der Waals surface area contributed by atoms with Crippen LogP contribution in [0.5, 0.6) is 0 Å². The van der Waals surface area contributed by atoms with Crippen molar-refractivity contribution in [2.45, 2.75) is 69.4 Å². The van der Waals surface area contributed by atoms with Crippen LogP contribution in [-0.4, -0.2) is 45.5 Å². The summed E-state index contributed by atoms with van der Waals surface area (Å²) >= 11 is 1.76. The Hall–Kier alpha value is -1.53. The first-order chi connectivity index (χ1) is 17.3. The monoisotopic (exact) mass is 524 g/mol. The van der Waals surface area contributed by atoms with Crippen LogP contribution in [0.2, 0.25) is 0 Å². The van der Waals surface area contributed by atoms with Gasteiger partial charge in [0, 0.05) is 30.2 Å². The minimum Gasteiger partial charge on any atom is -0.295 e. The molecule has 2 aliphatic carbocycles. The molecule has 198 valence electrons. The van der Waals surface area contributed by atoms with Crippen molar-refractivity contribution in [3.05, 3.63) is 40.6 Å². The van der Waals surface area contributed by atoms with Crippen molar-refractivity contribution >= 4 is 17.5 Å². The average Bonchev–Trinajstić information content (AvgIpc) is 3.56. The molecule has 11 heteroatoms. The van der Waals surface area contributed by atoms with Crippen molar-refractivity contribution in [3.63, 3.8) is 0 Å². The van der Waals surface area contributed by atoms with E-state index in [1.165, 1.54) is 42.1 Å². The minimum atomic E-state index is -4.51. The number of hydrogen-bond donors (Lipinski definition) is 3. The lowest BCUT2D eigenvalue weighted by Gasteiger charge is -2.48. The zero-order chi connectivity index (χ0) is 25.0. The van der Waals surface area contributed by atoms with Crippen LogP contribution in [0.15, 0.2) is 29.3 Å². The number of nitrogens with zero attached hydrogens (tertiary/aromatic N) is 3. The Kier molecular flexibility index (Phi) is 6.64. The second-order valence-electron chi connectivity index (χ2n) is 11.2. The largest absolute Gasteiger partial charge is 0.418 e. The Morgan fingerprint density at radius 2 is 1.97 bits per heavy atom. The van der Waals surface area contributed by atoms with E-state index >= 15 is 0 Å². The summed E-state index contributed by atoms with van der Waals surface area (Å²) in [5.41, 5.74) is 5.62. The van der Waals surface area contributed by atoms with Crippen LogP contribution < -0.4 is 21.3 Å². The molecule has 0 radical (unpaired) electrons. The van der Waals surface area contributed by atoms with Gasteiger partial charge in [-0.25, -0.2) is 15.6 Å². The van der Waals surface area contributed by atoms with Crippen LogP contribution in [-0.2, 0) is 6.18 Å². The van der Waals surface area contributed by atoms with Crippen molar-refractivity contribution < 1.29 is 13.2 Å². The maximum atomic E-state index is 13.7. The van der Waals surface area contributed by atoms with Crippen LogP contribution in [0.4, 0.5) is 13.2 Å². The first-order valence-corrected chi connectivity index (χ1v) is 14.1. The number of fused-ring (bicyclic) bond motifs is 1. The third kappa shape index (κ3) is 4.40. The van der Waals surface area contributed by atoms with E-state index < -0.39 is 11.7 Å². The summed E-state index contributed by atoms with van der Waals surface area (Å²) in [6.07, 6.45) is 6.18. The Morgan fingerprint density at radius 1 is 1.14 bits per heavy atom. The summed E-state index contributed by atoms with van der Waals surface area (Å²) < 4.78 is 47.6. The van der Waals surface area contributed by atoms with Crippen molar-refractivity contribution in [3.8, 4) is 0 Å². The molecule has 2 aromatic rings. The zero-order valence-electron chi connectivity index (χ0n) is 20.5. The molecule has 4 heterocycles. The van der Waals surface area contributed by atoms with Gasteiger partial charge in [-0.3, -0.25) is 18.6 Å². The molecule has 7 nitrogen and oxygen atoms in total. The van der Waals surface area contributed by atoms with E-state index in [9.17, 15) is 18.0 Å². The van der Waals surface area contributed by atoms with E-state index in [0.29, 0.717) is 29.7 Å². The molecule has 2 saturated heterocycles. The van der Waals surface area contributed by atoms with Crippen molar-refractivity contribution in [1.29, 1.82) is 0 Å². The molecule has 0 aromatic carbocycles. The molecule has 2 saturated carbocycles. The standard InChI is InChI=1S/C25H35F3N6OS/c1-32-14-29-30-23(32)22(15-4-2-5-15)17-10-16(20-7-9-36-31-20)11-18(12-17)34-13-21-19(25(26,27)28)6-3-8-33(21)24(34)35/h3,6,8,13,15-18,20,22-23,29-31H,2,4-5,7,9-12,14H2,1H3/t16?,17?,18?,20?,22-,23?/m1/s1. The molecule has 2 aliphatic heterocycles. The number of pyridine rings is 1. The van der Waals surface area contributed by atoms with Crippen molar-refractivity contribution in [1.82, 2.24) is 29.4 Å². The lowest BCUT2D eigenvalue weighted by Crippen LogP contribution is -2.51. The maximum Gasteiger partial charge on any atom is 0.418 e. The fourth-order valence-corrected chi connectivity index (χ4v) is 8.23. The second-order valence-corrected chi connectivity index (χ2v) is 12.1. The van der Waals surface area contributed by atoms with Crippen LogP contribution in [0.25, 0.3) is 5.52 Å². The minimum absolute atomic E-state index is 0.0554. The van der Waals surface area contributed by atoms with Crippen LogP contribution >= 0.6 is 11.9 Å². The third-order valence-corrected chi connectivity index (χ3v) is 10.1. The molecular weight excluding hydrogens is 489 g/mol. The van der Waals surface area contributed by atoms with Gasteiger partial charge in [0.05, 0.1) is 23.9 Å². The Balaban J connectivity index is 1.38. The van der Waals surface area contributed by atoms with Gasteiger partial charge in [0.15, 0.2) is 0 Å². The van der Waals surface area contributed by atoms with Gasteiger partial charge in [0.2, 0.25) is 0 Å². The molecule has 0 bridgehead atoms. The summed E-state index contributed by atoms with van der Waals surface area (Å²) in [5, 5.41) is 0. The van der Waals surface area contributed by atoms with Gasteiger partial charge in [-0.2, -0.15) is 13.2 Å². The van der Waals surface area contributed by atoms with Crippen LogP contribution in [0.1, 0.15) is 56.6 Å². The topological polar surface area (TPSA) is 65.7 Å². The number of nitrogens with one attached hydrogen (secondary N) is 3. The smallest absolute Gasteiger partial charge is 0.295 e. The molecule has 5 unspecified atom stereocenters. The fraction of sp³-hybridized carbons (Fsp3) is 0.720. The lowest BCUT2D eigenvalue weighted by molar-refractivity contribution is -0.136. The summed E-state index contributed by atoms with van der Waals surface area (Å²) in [6, 6.07) is 2.65. The first kappa shape index (κ1) is 24.8. The molecule has 6 atom stereocenters. The lowest BCUT2D eigenvalue weighted by atomic mass is 9.62. The number of aromatic nitrogens is 2. The van der Waals surface area contributed by atoms with Crippen molar-refractivity contribution in [2.75, 3.05) is 19.5 Å². The third-order valence-electron chi connectivity index (χ3n) is 9.17. The van der Waals surface area contributed by atoms with E-state index in [1.807, 2.05) is 0 Å². The van der Waals surface area contributed by atoms with Gasteiger partial charge in [0.25, 0.3) is 0 Å². The highest BCUT2D eigenvalue weighted by Crippen LogP contribution is 2.49. The summed E-state index contributed by atoms with van der Waals surface area (Å²) in [7, 11) is 2.14. The molecular formula is C25H35F3N6OS. The number of halogens is 3. The normalized spacial score (nSPS) is 33.3. The number of rotatable bonds is 5.